The molecule has 0 saturated heterocycles. The van der Waals surface area contributed by atoms with Crippen molar-refractivity contribution in [2.45, 2.75) is 19.6 Å². The molecule has 0 saturated carbocycles. The van der Waals surface area contributed by atoms with Gasteiger partial charge in [0.25, 0.3) is 5.91 Å². The van der Waals surface area contributed by atoms with Crippen molar-refractivity contribution >= 4 is 17.5 Å². The molecule has 1 unspecified atom stereocenters. The molecule has 28 heavy (non-hydrogen) atoms. The summed E-state index contributed by atoms with van der Waals surface area (Å²) in [7, 11) is 3.96. The van der Waals surface area contributed by atoms with Crippen LogP contribution in [0.1, 0.15) is 12.5 Å². The van der Waals surface area contributed by atoms with Crippen molar-refractivity contribution in [1.82, 2.24) is 9.80 Å². The second kappa shape index (κ2) is 8.89. The van der Waals surface area contributed by atoms with E-state index in [4.69, 9.17) is 4.74 Å². The molecule has 0 aliphatic carbocycles. The molecule has 0 aromatic heterocycles. The van der Waals surface area contributed by atoms with E-state index in [-0.39, 0.29) is 18.4 Å². The number of hydrogen-bond acceptors (Lipinski definition) is 4. The van der Waals surface area contributed by atoms with E-state index in [2.05, 4.69) is 0 Å². The van der Waals surface area contributed by atoms with Crippen LogP contribution in [0.2, 0.25) is 0 Å². The number of carbonyl (C=O) groups is 2. The van der Waals surface area contributed by atoms with Crippen LogP contribution in [0.3, 0.4) is 0 Å². The number of hydrogen-bond donors (Lipinski definition) is 0. The van der Waals surface area contributed by atoms with Crippen molar-refractivity contribution in [1.29, 1.82) is 0 Å². The summed E-state index contributed by atoms with van der Waals surface area (Å²) in [5, 5.41) is 0. The quantitative estimate of drug-likeness (QED) is 0.739. The minimum absolute atomic E-state index is 0.00378. The maximum atomic E-state index is 13.2. The summed E-state index contributed by atoms with van der Waals surface area (Å²) < 4.78 is 5.67. The fourth-order valence-corrected chi connectivity index (χ4v) is 3.17. The highest BCUT2D eigenvalue weighted by molar-refractivity contribution is 6.03. The van der Waals surface area contributed by atoms with Gasteiger partial charge in [-0.15, -0.1) is 0 Å². The number of rotatable bonds is 7. The Hall–Kier alpha value is -2.86. The van der Waals surface area contributed by atoms with Crippen LogP contribution in [0.15, 0.2) is 54.6 Å². The summed E-state index contributed by atoms with van der Waals surface area (Å²) in [6.07, 6.45) is -0.605. The van der Waals surface area contributed by atoms with E-state index in [0.29, 0.717) is 24.5 Å². The highest BCUT2D eigenvalue weighted by Crippen LogP contribution is 2.33. The second-order valence-electron chi connectivity index (χ2n) is 7.26. The number of para-hydroxylation sites is 2. The van der Waals surface area contributed by atoms with E-state index in [0.717, 1.165) is 12.1 Å². The lowest BCUT2D eigenvalue weighted by Gasteiger charge is -2.34. The highest BCUT2D eigenvalue weighted by atomic mass is 16.5. The lowest BCUT2D eigenvalue weighted by Crippen LogP contribution is -2.50. The molecule has 0 N–H and O–H groups in total. The predicted molar refractivity (Wildman–Crippen MR) is 109 cm³/mol. The van der Waals surface area contributed by atoms with E-state index >= 15 is 0 Å². The normalized spacial score (nSPS) is 15.9. The Bertz CT molecular complexity index is 823. The molecule has 1 atom stereocenters. The maximum absolute atomic E-state index is 13.2. The Balaban J connectivity index is 1.79. The third-order valence-corrected chi connectivity index (χ3v) is 4.75. The van der Waals surface area contributed by atoms with E-state index in [1.165, 1.54) is 0 Å². The average molecular weight is 381 g/mol. The van der Waals surface area contributed by atoms with Gasteiger partial charge in [-0.2, -0.15) is 0 Å². The van der Waals surface area contributed by atoms with Gasteiger partial charge in [0.05, 0.1) is 5.69 Å². The summed E-state index contributed by atoms with van der Waals surface area (Å²) in [5.41, 5.74) is 1.71. The number of fused-ring (bicyclic) bond motifs is 1. The SMILES string of the molecule is CC1Oc2ccccc2N(CC(=O)N(CCN(C)C)Cc2ccccc2)C1=O. The zero-order chi connectivity index (χ0) is 20.1. The molecule has 1 heterocycles. The summed E-state index contributed by atoms with van der Waals surface area (Å²) in [5.74, 6) is 0.354. The van der Waals surface area contributed by atoms with E-state index in [9.17, 15) is 9.59 Å². The summed E-state index contributed by atoms with van der Waals surface area (Å²) >= 11 is 0. The number of nitrogens with zero attached hydrogens (tertiary/aromatic N) is 3. The first-order valence-electron chi connectivity index (χ1n) is 9.49. The molecule has 2 aromatic carbocycles. The first-order chi connectivity index (χ1) is 13.5. The van der Waals surface area contributed by atoms with Crippen LogP contribution in [-0.4, -0.2) is 61.4 Å². The van der Waals surface area contributed by atoms with E-state index < -0.39 is 6.10 Å². The van der Waals surface area contributed by atoms with Gasteiger partial charge >= 0.3 is 0 Å². The molecule has 1 aliphatic heterocycles. The van der Waals surface area contributed by atoms with E-state index in [1.807, 2.05) is 78.5 Å². The number of carbonyl (C=O) groups excluding carboxylic acids is 2. The van der Waals surface area contributed by atoms with Crippen molar-refractivity contribution in [3.05, 3.63) is 60.2 Å². The molecule has 0 radical (unpaired) electrons. The number of anilines is 1. The first-order valence-corrected chi connectivity index (χ1v) is 9.49. The molecule has 6 nitrogen and oxygen atoms in total. The molecular weight excluding hydrogens is 354 g/mol. The second-order valence-corrected chi connectivity index (χ2v) is 7.26. The van der Waals surface area contributed by atoms with Gasteiger partial charge in [-0.1, -0.05) is 42.5 Å². The minimum Gasteiger partial charge on any atom is -0.479 e. The maximum Gasteiger partial charge on any atom is 0.268 e. The van der Waals surface area contributed by atoms with Crippen LogP contribution in [0.4, 0.5) is 5.69 Å². The third kappa shape index (κ3) is 4.70. The first kappa shape index (κ1) is 19.9. The van der Waals surface area contributed by atoms with Crippen molar-refractivity contribution in [2.24, 2.45) is 0 Å². The lowest BCUT2D eigenvalue weighted by atomic mass is 10.1. The van der Waals surface area contributed by atoms with E-state index in [1.54, 1.807) is 11.8 Å². The molecule has 0 fully saturated rings. The largest absolute Gasteiger partial charge is 0.479 e. The smallest absolute Gasteiger partial charge is 0.268 e. The van der Waals surface area contributed by atoms with Crippen molar-refractivity contribution in [3.8, 4) is 5.75 Å². The zero-order valence-electron chi connectivity index (χ0n) is 16.7. The van der Waals surface area contributed by atoms with Gasteiger partial charge in [0.1, 0.15) is 12.3 Å². The summed E-state index contributed by atoms with van der Waals surface area (Å²) in [6, 6.07) is 17.2. The molecule has 2 amide bonds. The number of ether oxygens (including phenoxy) is 1. The van der Waals surface area contributed by atoms with Gasteiger partial charge in [-0.05, 0) is 38.7 Å². The molecule has 1 aliphatic rings. The summed E-state index contributed by atoms with van der Waals surface area (Å²) in [6.45, 7) is 3.58. The monoisotopic (exact) mass is 381 g/mol. The molecule has 3 rings (SSSR count). The Morgan fingerprint density at radius 1 is 1.04 bits per heavy atom. The van der Waals surface area contributed by atoms with Gasteiger partial charge in [-0.25, -0.2) is 0 Å². The fraction of sp³-hybridized carbons (Fsp3) is 0.364. The van der Waals surface area contributed by atoms with Crippen LogP contribution < -0.4 is 9.64 Å². The molecular formula is C22H27N3O3. The topological polar surface area (TPSA) is 53.1 Å². The molecule has 0 spiro atoms. The average Bonchev–Trinajstić information content (AvgIpc) is 2.69. The van der Waals surface area contributed by atoms with Crippen LogP contribution in [0.5, 0.6) is 5.75 Å². The van der Waals surface area contributed by atoms with Gasteiger partial charge in [0, 0.05) is 19.6 Å². The van der Waals surface area contributed by atoms with Crippen LogP contribution in [0, 0.1) is 0 Å². The van der Waals surface area contributed by atoms with Crippen LogP contribution in [0.25, 0.3) is 0 Å². The van der Waals surface area contributed by atoms with Crippen LogP contribution >= 0.6 is 0 Å². The number of amides is 2. The Morgan fingerprint density at radius 2 is 1.71 bits per heavy atom. The Kier molecular flexibility index (Phi) is 6.31. The lowest BCUT2D eigenvalue weighted by molar-refractivity contribution is -0.133. The Morgan fingerprint density at radius 3 is 2.43 bits per heavy atom. The fourth-order valence-electron chi connectivity index (χ4n) is 3.17. The highest BCUT2D eigenvalue weighted by Gasteiger charge is 2.33. The molecule has 2 aromatic rings. The zero-order valence-corrected chi connectivity index (χ0v) is 16.7. The Labute approximate surface area is 166 Å². The van der Waals surface area contributed by atoms with Crippen molar-refractivity contribution in [3.63, 3.8) is 0 Å². The van der Waals surface area contributed by atoms with Gasteiger partial charge in [0.15, 0.2) is 6.10 Å². The van der Waals surface area contributed by atoms with Crippen LogP contribution in [-0.2, 0) is 16.1 Å². The van der Waals surface area contributed by atoms with Gasteiger partial charge in [-0.3, -0.25) is 14.5 Å². The molecule has 148 valence electrons. The molecule has 6 heteroatoms. The van der Waals surface area contributed by atoms with Gasteiger partial charge < -0.3 is 14.5 Å². The number of likely N-dealkylation sites (N-methyl/N-ethyl adjacent to an activating group) is 1. The standard InChI is InChI=1S/C22H27N3O3/c1-17-22(27)25(19-11-7-8-12-20(19)28-17)16-21(26)24(14-13-23(2)3)15-18-9-5-4-6-10-18/h4-12,17H,13-16H2,1-3H3. The third-order valence-electron chi connectivity index (χ3n) is 4.75. The van der Waals surface area contributed by atoms with Crippen molar-refractivity contribution in [2.75, 3.05) is 38.6 Å². The van der Waals surface area contributed by atoms with Gasteiger partial charge in [0.2, 0.25) is 5.91 Å². The summed E-state index contributed by atoms with van der Waals surface area (Å²) in [4.78, 5) is 31.3. The molecule has 0 bridgehead atoms. The predicted octanol–water partition coefficient (Wildman–Crippen LogP) is 2.39. The minimum atomic E-state index is -0.605. The number of benzene rings is 2. The van der Waals surface area contributed by atoms with Crippen molar-refractivity contribution < 1.29 is 14.3 Å².